The fraction of sp³-hybridized carbons (Fsp3) is 0.333. The average Bonchev–Trinajstić information content (AvgIpc) is 2.81. The van der Waals surface area contributed by atoms with E-state index >= 15 is 0 Å². The van der Waals surface area contributed by atoms with Gasteiger partial charge in [0.1, 0.15) is 5.82 Å². The molecule has 16 heavy (non-hydrogen) atoms. The van der Waals surface area contributed by atoms with Crippen LogP contribution in [0, 0.1) is 5.82 Å². The van der Waals surface area contributed by atoms with Crippen molar-refractivity contribution in [1.29, 1.82) is 0 Å². The summed E-state index contributed by atoms with van der Waals surface area (Å²) in [6.07, 6.45) is 4.19. The van der Waals surface area contributed by atoms with Gasteiger partial charge < -0.3 is 0 Å². The van der Waals surface area contributed by atoms with Crippen LogP contribution in [0.2, 0.25) is 0 Å². The molecule has 2 aromatic rings. The van der Waals surface area contributed by atoms with Crippen LogP contribution in [0.15, 0.2) is 30.6 Å². The van der Waals surface area contributed by atoms with Crippen LogP contribution in [0.4, 0.5) is 4.39 Å². The summed E-state index contributed by atoms with van der Waals surface area (Å²) in [6, 6.07) is 4.72. The lowest BCUT2D eigenvalue weighted by Crippen LogP contribution is -2.05. The Hall–Kier alpha value is -1.71. The lowest BCUT2D eigenvalue weighted by Gasteiger charge is -2.13. The highest BCUT2D eigenvalue weighted by atomic mass is 19.1. The minimum Gasteiger partial charge on any atom is -0.207 e. The van der Waals surface area contributed by atoms with Gasteiger partial charge in [0.05, 0.1) is 18.1 Å². The topological polar surface area (TPSA) is 30.7 Å². The second kappa shape index (κ2) is 4.43. The second-order valence-electron chi connectivity index (χ2n) is 3.83. The molecule has 1 aromatic carbocycles. The monoisotopic (exact) mass is 219 g/mol. The fourth-order valence-electron chi connectivity index (χ4n) is 1.66. The van der Waals surface area contributed by atoms with E-state index in [0.717, 1.165) is 17.7 Å². The van der Waals surface area contributed by atoms with E-state index in [-0.39, 0.29) is 11.7 Å². The maximum Gasteiger partial charge on any atom is 0.123 e. The second-order valence-corrected chi connectivity index (χ2v) is 3.83. The largest absolute Gasteiger partial charge is 0.207 e. The van der Waals surface area contributed by atoms with Gasteiger partial charge in [-0.3, -0.25) is 0 Å². The van der Waals surface area contributed by atoms with Crippen LogP contribution in [0.5, 0.6) is 0 Å². The molecule has 0 bridgehead atoms. The lowest BCUT2D eigenvalue weighted by molar-refractivity contribution is 0.614. The molecule has 3 nitrogen and oxygen atoms in total. The average molecular weight is 219 g/mol. The van der Waals surface area contributed by atoms with Gasteiger partial charge in [0, 0.05) is 0 Å². The van der Waals surface area contributed by atoms with Gasteiger partial charge in [-0.1, -0.05) is 13.8 Å². The minimum atomic E-state index is -0.216. The molecule has 0 saturated heterocycles. The third-order valence-corrected chi connectivity index (χ3v) is 2.77. The van der Waals surface area contributed by atoms with Crippen molar-refractivity contribution < 1.29 is 4.39 Å². The maximum atomic E-state index is 13.2. The van der Waals surface area contributed by atoms with Crippen LogP contribution < -0.4 is 0 Å². The van der Waals surface area contributed by atoms with Gasteiger partial charge in [-0.05, 0) is 36.1 Å². The summed E-state index contributed by atoms with van der Waals surface area (Å²) in [5, 5.41) is 8.15. The highest BCUT2D eigenvalue weighted by Crippen LogP contribution is 2.25. The first-order chi connectivity index (χ1) is 7.72. The Kier molecular flexibility index (Phi) is 2.99. The van der Waals surface area contributed by atoms with Crippen molar-refractivity contribution >= 4 is 0 Å². The normalized spacial score (nSPS) is 12.7. The quantitative estimate of drug-likeness (QED) is 0.794. The number of hydrogen-bond acceptors (Lipinski definition) is 2. The maximum absolute atomic E-state index is 13.2. The molecule has 2 rings (SSSR count). The number of rotatable bonds is 3. The molecular formula is C12H14FN3. The van der Waals surface area contributed by atoms with E-state index < -0.39 is 0 Å². The van der Waals surface area contributed by atoms with Crippen LogP contribution in [0.25, 0.3) is 5.69 Å². The zero-order valence-electron chi connectivity index (χ0n) is 9.39. The van der Waals surface area contributed by atoms with E-state index in [0.29, 0.717) is 0 Å². The predicted octanol–water partition coefficient (Wildman–Crippen LogP) is 2.92. The summed E-state index contributed by atoms with van der Waals surface area (Å²) in [5.74, 6) is 0.0721. The number of aromatic nitrogens is 3. The molecule has 84 valence electrons. The first-order valence-corrected chi connectivity index (χ1v) is 5.38. The van der Waals surface area contributed by atoms with Gasteiger partial charge in [0.2, 0.25) is 0 Å². The molecule has 0 N–H and O–H groups in total. The molecule has 0 amide bonds. The molecule has 0 spiro atoms. The van der Waals surface area contributed by atoms with Crippen molar-refractivity contribution in [2.24, 2.45) is 0 Å². The highest BCUT2D eigenvalue weighted by molar-refractivity contribution is 5.41. The van der Waals surface area contributed by atoms with E-state index in [2.05, 4.69) is 24.0 Å². The van der Waals surface area contributed by atoms with Crippen molar-refractivity contribution in [1.82, 2.24) is 15.0 Å². The van der Waals surface area contributed by atoms with E-state index in [1.807, 2.05) is 0 Å². The van der Waals surface area contributed by atoms with Gasteiger partial charge in [0.25, 0.3) is 0 Å². The lowest BCUT2D eigenvalue weighted by atomic mass is 9.97. The Balaban J connectivity index is 2.52. The van der Waals surface area contributed by atoms with E-state index in [9.17, 15) is 4.39 Å². The smallest absolute Gasteiger partial charge is 0.123 e. The molecule has 0 aliphatic rings. The Bertz CT molecular complexity index is 465. The van der Waals surface area contributed by atoms with Crippen molar-refractivity contribution in [2.45, 2.75) is 26.2 Å². The standard InChI is InChI=1S/C12H14FN3/c1-3-9(2)11-8-10(13)4-5-12(11)16-14-6-7-15-16/h4-9H,3H2,1-2H3. The van der Waals surface area contributed by atoms with Gasteiger partial charge in [-0.15, -0.1) is 0 Å². The summed E-state index contributed by atoms with van der Waals surface area (Å²) in [7, 11) is 0. The van der Waals surface area contributed by atoms with Gasteiger partial charge in [-0.2, -0.15) is 15.0 Å². The van der Waals surface area contributed by atoms with E-state index in [1.165, 1.54) is 10.9 Å². The van der Waals surface area contributed by atoms with Crippen LogP contribution >= 0.6 is 0 Å². The van der Waals surface area contributed by atoms with Crippen molar-refractivity contribution in [3.63, 3.8) is 0 Å². The molecular weight excluding hydrogens is 205 g/mol. The van der Waals surface area contributed by atoms with Gasteiger partial charge in [0.15, 0.2) is 0 Å². The highest BCUT2D eigenvalue weighted by Gasteiger charge is 2.12. The third-order valence-electron chi connectivity index (χ3n) is 2.77. The first kappa shape index (κ1) is 10.8. The molecule has 0 radical (unpaired) electrons. The molecule has 0 fully saturated rings. The SMILES string of the molecule is CCC(C)c1cc(F)ccc1-n1nccn1. The number of hydrogen-bond donors (Lipinski definition) is 0. The molecule has 0 aliphatic carbocycles. The molecule has 1 aromatic heterocycles. The molecule has 1 unspecified atom stereocenters. The van der Waals surface area contributed by atoms with E-state index in [1.54, 1.807) is 24.5 Å². The summed E-state index contributed by atoms with van der Waals surface area (Å²) < 4.78 is 13.2. The Labute approximate surface area is 93.9 Å². The van der Waals surface area contributed by atoms with Crippen molar-refractivity contribution in [2.75, 3.05) is 0 Å². The molecule has 0 aliphatic heterocycles. The van der Waals surface area contributed by atoms with Gasteiger partial charge >= 0.3 is 0 Å². The fourth-order valence-corrected chi connectivity index (χ4v) is 1.66. The number of halogens is 1. The Morgan fingerprint density at radius 3 is 2.62 bits per heavy atom. The molecule has 1 atom stereocenters. The Morgan fingerprint density at radius 2 is 2.00 bits per heavy atom. The molecule has 0 saturated carbocycles. The summed E-state index contributed by atoms with van der Waals surface area (Å²) in [6.45, 7) is 4.15. The predicted molar refractivity (Wildman–Crippen MR) is 60.0 cm³/mol. The third kappa shape index (κ3) is 1.96. The summed E-state index contributed by atoms with van der Waals surface area (Å²) >= 11 is 0. The summed E-state index contributed by atoms with van der Waals surface area (Å²) in [4.78, 5) is 1.53. The summed E-state index contributed by atoms with van der Waals surface area (Å²) in [5.41, 5.74) is 1.79. The van der Waals surface area contributed by atoms with Crippen LogP contribution in [-0.2, 0) is 0 Å². The molecule has 4 heteroatoms. The van der Waals surface area contributed by atoms with Crippen molar-refractivity contribution in [3.05, 3.63) is 42.0 Å². The zero-order valence-corrected chi connectivity index (χ0v) is 9.39. The number of benzene rings is 1. The van der Waals surface area contributed by atoms with Crippen LogP contribution in [0.3, 0.4) is 0 Å². The first-order valence-electron chi connectivity index (χ1n) is 5.38. The zero-order chi connectivity index (χ0) is 11.5. The van der Waals surface area contributed by atoms with Crippen LogP contribution in [0.1, 0.15) is 31.7 Å². The van der Waals surface area contributed by atoms with Crippen molar-refractivity contribution in [3.8, 4) is 5.69 Å². The number of nitrogens with zero attached hydrogens (tertiary/aromatic N) is 3. The molecule has 1 heterocycles. The van der Waals surface area contributed by atoms with Crippen LogP contribution in [-0.4, -0.2) is 15.0 Å². The van der Waals surface area contributed by atoms with Gasteiger partial charge in [-0.25, -0.2) is 4.39 Å². The Morgan fingerprint density at radius 1 is 1.31 bits per heavy atom. The minimum absolute atomic E-state index is 0.216. The van der Waals surface area contributed by atoms with E-state index in [4.69, 9.17) is 0 Å².